The quantitative estimate of drug-likeness (QED) is 0.314. The zero-order chi connectivity index (χ0) is 26.2. The molecule has 4 heterocycles. The zero-order valence-electron chi connectivity index (χ0n) is 21.3. The van der Waals surface area contributed by atoms with Gasteiger partial charge in [-0.15, -0.1) is 0 Å². The number of nitrogens with zero attached hydrogens (tertiary/aromatic N) is 4. The van der Waals surface area contributed by atoms with Crippen LogP contribution in [0.3, 0.4) is 0 Å². The molecule has 38 heavy (non-hydrogen) atoms. The number of anilines is 3. The van der Waals surface area contributed by atoms with E-state index in [0.29, 0.717) is 30.0 Å². The van der Waals surface area contributed by atoms with Crippen molar-refractivity contribution in [3.05, 3.63) is 83.7 Å². The van der Waals surface area contributed by atoms with Crippen molar-refractivity contribution in [2.75, 3.05) is 48.0 Å². The van der Waals surface area contributed by atoms with Crippen molar-refractivity contribution in [1.82, 2.24) is 4.98 Å². The van der Waals surface area contributed by atoms with Crippen molar-refractivity contribution in [3.8, 4) is 5.75 Å². The minimum absolute atomic E-state index is 0.0561. The van der Waals surface area contributed by atoms with Crippen LogP contribution in [0.4, 0.5) is 17.1 Å². The standard InChI is InChI=1S/C30H30N4O4/c1-32-17-18-38-25-10-5-21(19-24(25)32)28(35)26-27(20-11-13-31-14-12-20)34(30(37)29(26)36)23-8-6-22(7-9-23)33-15-3-2-4-16-33/h5-14,19,27,35H,2-4,15-18H2,1H3/b28-26-. The molecular weight excluding hydrogens is 480 g/mol. The monoisotopic (exact) mass is 510 g/mol. The van der Waals surface area contributed by atoms with Gasteiger partial charge in [-0.05, 0) is 79.4 Å². The van der Waals surface area contributed by atoms with Crippen molar-refractivity contribution in [2.24, 2.45) is 0 Å². The Morgan fingerprint density at radius 2 is 1.63 bits per heavy atom. The SMILES string of the molecule is CN1CCOc2ccc(/C(O)=C3/C(=O)C(=O)N(c4ccc(N5CCCCC5)cc4)C3c3ccncc3)cc21. The lowest BCUT2D eigenvalue weighted by Gasteiger charge is -2.30. The molecule has 0 saturated carbocycles. The van der Waals surface area contributed by atoms with Crippen LogP contribution in [0.15, 0.2) is 72.6 Å². The van der Waals surface area contributed by atoms with Crippen LogP contribution in [-0.2, 0) is 9.59 Å². The topological polar surface area (TPSA) is 86.2 Å². The summed E-state index contributed by atoms with van der Waals surface area (Å²) in [5.74, 6) is -0.876. The number of aliphatic hydroxyl groups is 1. The first-order chi connectivity index (χ1) is 18.5. The number of aromatic nitrogens is 1. The van der Waals surface area contributed by atoms with Gasteiger partial charge in [0.2, 0.25) is 0 Å². The third-order valence-electron chi connectivity index (χ3n) is 7.64. The highest BCUT2D eigenvalue weighted by molar-refractivity contribution is 6.51. The van der Waals surface area contributed by atoms with Gasteiger partial charge in [0.1, 0.15) is 18.1 Å². The molecule has 194 valence electrons. The second kappa shape index (κ2) is 9.85. The van der Waals surface area contributed by atoms with Crippen molar-refractivity contribution >= 4 is 34.5 Å². The maximum atomic E-state index is 13.5. The number of pyridine rings is 1. The summed E-state index contributed by atoms with van der Waals surface area (Å²) in [6.45, 7) is 3.33. The molecule has 2 fully saturated rings. The number of carbonyl (C=O) groups is 2. The highest BCUT2D eigenvalue weighted by atomic mass is 16.5. The lowest BCUT2D eigenvalue weighted by Crippen LogP contribution is -2.30. The summed E-state index contributed by atoms with van der Waals surface area (Å²) in [6.07, 6.45) is 6.84. The van der Waals surface area contributed by atoms with Crippen LogP contribution in [0, 0.1) is 0 Å². The van der Waals surface area contributed by atoms with Gasteiger partial charge >= 0.3 is 0 Å². The second-order valence-corrected chi connectivity index (χ2v) is 9.97. The number of fused-ring (bicyclic) bond motifs is 1. The van der Waals surface area contributed by atoms with Gasteiger partial charge < -0.3 is 19.6 Å². The summed E-state index contributed by atoms with van der Waals surface area (Å²) in [5, 5.41) is 11.5. The van der Waals surface area contributed by atoms with Crippen LogP contribution in [0.1, 0.15) is 36.4 Å². The molecule has 0 spiro atoms. The van der Waals surface area contributed by atoms with Crippen LogP contribution in [0.25, 0.3) is 5.76 Å². The molecule has 1 N–H and O–H groups in total. The maximum Gasteiger partial charge on any atom is 0.300 e. The molecule has 8 heteroatoms. The number of amides is 1. The molecule has 3 aromatic rings. The molecular formula is C30H30N4O4. The molecule has 6 rings (SSSR count). The first-order valence-electron chi connectivity index (χ1n) is 13.1. The summed E-state index contributed by atoms with van der Waals surface area (Å²) >= 11 is 0. The summed E-state index contributed by atoms with van der Waals surface area (Å²) in [6, 6.07) is 15.8. The van der Waals surface area contributed by atoms with Gasteiger partial charge in [-0.25, -0.2) is 0 Å². The second-order valence-electron chi connectivity index (χ2n) is 9.97. The summed E-state index contributed by atoms with van der Waals surface area (Å²) < 4.78 is 5.73. The minimum Gasteiger partial charge on any atom is -0.507 e. The predicted octanol–water partition coefficient (Wildman–Crippen LogP) is 4.53. The van der Waals surface area contributed by atoms with E-state index in [2.05, 4.69) is 9.88 Å². The highest BCUT2D eigenvalue weighted by Crippen LogP contribution is 2.43. The fraction of sp³-hybridized carbons (Fsp3) is 0.300. The fourth-order valence-electron chi connectivity index (χ4n) is 5.59. The van der Waals surface area contributed by atoms with Crippen molar-refractivity contribution in [2.45, 2.75) is 25.3 Å². The van der Waals surface area contributed by atoms with Gasteiger partial charge in [-0.3, -0.25) is 19.5 Å². The van der Waals surface area contributed by atoms with E-state index < -0.39 is 17.7 Å². The molecule has 1 atom stereocenters. The third-order valence-corrected chi connectivity index (χ3v) is 7.64. The Kier molecular flexibility index (Phi) is 6.23. The van der Waals surface area contributed by atoms with E-state index in [0.717, 1.165) is 30.2 Å². The molecule has 2 aromatic carbocycles. The Hall–Kier alpha value is -4.33. The van der Waals surface area contributed by atoms with Crippen molar-refractivity contribution in [3.63, 3.8) is 0 Å². The zero-order valence-corrected chi connectivity index (χ0v) is 21.3. The average molecular weight is 511 g/mol. The van der Waals surface area contributed by atoms with Gasteiger partial charge in [-0.1, -0.05) is 0 Å². The molecule has 8 nitrogen and oxygen atoms in total. The number of hydrogen-bond acceptors (Lipinski definition) is 7. The normalized spacial score (nSPS) is 20.9. The number of ether oxygens (including phenoxy) is 1. The van der Waals surface area contributed by atoms with Crippen LogP contribution in [-0.4, -0.2) is 55.1 Å². The smallest absolute Gasteiger partial charge is 0.300 e. The molecule has 3 aliphatic rings. The van der Waals surface area contributed by atoms with E-state index in [1.165, 1.54) is 24.2 Å². The van der Waals surface area contributed by atoms with E-state index >= 15 is 0 Å². The van der Waals surface area contributed by atoms with E-state index in [-0.39, 0.29) is 11.3 Å². The van der Waals surface area contributed by atoms with Crippen molar-refractivity contribution < 1.29 is 19.4 Å². The predicted molar refractivity (Wildman–Crippen MR) is 147 cm³/mol. The summed E-state index contributed by atoms with van der Waals surface area (Å²) in [7, 11) is 1.95. The van der Waals surface area contributed by atoms with Crippen LogP contribution < -0.4 is 19.4 Å². The van der Waals surface area contributed by atoms with E-state index in [1.54, 1.807) is 42.7 Å². The molecule has 0 bridgehead atoms. The Bertz CT molecular complexity index is 1400. The Labute approximate surface area is 221 Å². The molecule has 3 aliphatic heterocycles. The van der Waals surface area contributed by atoms with Gasteiger partial charge in [0, 0.05) is 49.5 Å². The first kappa shape index (κ1) is 24.0. The van der Waals surface area contributed by atoms with Crippen LogP contribution in [0.5, 0.6) is 5.75 Å². The number of benzene rings is 2. The average Bonchev–Trinajstić information content (AvgIpc) is 3.23. The Morgan fingerprint density at radius 1 is 0.921 bits per heavy atom. The van der Waals surface area contributed by atoms with E-state index in [1.807, 2.05) is 36.2 Å². The third kappa shape index (κ3) is 4.16. The number of ketones is 1. The lowest BCUT2D eigenvalue weighted by molar-refractivity contribution is -0.132. The van der Waals surface area contributed by atoms with Crippen molar-refractivity contribution in [1.29, 1.82) is 0 Å². The number of rotatable bonds is 4. The molecule has 1 aromatic heterocycles. The molecule has 1 unspecified atom stereocenters. The maximum absolute atomic E-state index is 13.5. The largest absolute Gasteiger partial charge is 0.507 e. The number of aliphatic hydroxyl groups excluding tert-OH is 1. The van der Waals surface area contributed by atoms with Gasteiger partial charge in [0.15, 0.2) is 0 Å². The summed E-state index contributed by atoms with van der Waals surface area (Å²) in [4.78, 5) is 36.9. The van der Waals surface area contributed by atoms with Gasteiger partial charge in [-0.2, -0.15) is 0 Å². The highest BCUT2D eigenvalue weighted by Gasteiger charge is 2.47. The fourth-order valence-corrected chi connectivity index (χ4v) is 5.59. The Morgan fingerprint density at radius 3 is 2.37 bits per heavy atom. The number of piperidine rings is 1. The number of hydrogen-bond donors (Lipinski definition) is 1. The number of Topliss-reactive ketones (excluding diaryl/α,β-unsaturated/α-hetero) is 1. The van der Waals surface area contributed by atoms with Gasteiger partial charge in [0.25, 0.3) is 11.7 Å². The summed E-state index contributed by atoms with van der Waals surface area (Å²) in [5.41, 5.74) is 3.74. The molecule has 1 amide bonds. The first-order valence-corrected chi connectivity index (χ1v) is 13.1. The number of carbonyl (C=O) groups excluding carboxylic acids is 2. The Balaban J connectivity index is 1.43. The van der Waals surface area contributed by atoms with E-state index in [4.69, 9.17) is 4.74 Å². The lowest BCUT2D eigenvalue weighted by atomic mass is 9.95. The number of likely N-dealkylation sites (N-methyl/N-ethyl adjacent to an activating group) is 1. The molecule has 0 radical (unpaired) electrons. The van der Waals surface area contributed by atoms with Gasteiger partial charge in [0.05, 0.1) is 23.8 Å². The molecule has 0 aliphatic carbocycles. The molecule has 2 saturated heterocycles. The van der Waals surface area contributed by atoms with Crippen LogP contribution >= 0.6 is 0 Å². The van der Waals surface area contributed by atoms with E-state index in [9.17, 15) is 14.7 Å². The van der Waals surface area contributed by atoms with Crippen LogP contribution in [0.2, 0.25) is 0 Å². The minimum atomic E-state index is -0.788.